The Morgan fingerprint density at radius 3 is 2.40 bits per heavy atom. The van der Waals surface area contributed by atoms with E-state index >= 15 is 0 Å². The SMILES string of the molecule is O=C(O)C(Cc1ccccc1)N1C(=O)/C(=C/c2ccc(-c3ccccc3)o2)SC1=S. The maximum Gasteiger partial charge on any atom is 0.327 e. The van der Waals surface area contributed by atoms with Crippen LogP contribution in [-0.2, 0) is 16.0 Å². The van der Waals surface area contributed by atoms with Crippen LogP contribution in [0.2, 0.25) is 0 Å². The van der Waals surface area contributed by atoms with Crippen molar-refractivity contribution in [1.82, 2.24) is 4.90 Å². The summed E-state index contributed by atoms with van der Waals surface area (Å²) in [4.78, 5) is 26.4. The maximum absolute atomic E-state index is 13.0. The van der Waals surface area contributed by atoms with Crippen molar-refractivity contribution < 1.29 is 19.1 Å². The molecule has 2 aromatic carbocycles. The fraction of sp³-hybridized carbons (Fsp3) is 0.0870. The average Bonchev–Trinajstić information content (AvgIpc) is 3.32. The lowest BCUT2D eigenvalue weighted by Gasteiger charge is -2.23. The van der Waals surface area contributed by atoms with Crippen LogP contribution in [-0.4, -0.2) is 32.2 Å². The molecule has 2 heterocycles. The largest absolute Gasteiger partial charge is 0.480 e. The van der Waals surface area contributed by atoms with E-state index in [0.717, 1.165) is 22.9 Å². The van der Waals surface area contributed by atoms with E-state index in [9.17, 15) is 14.7 Å². The van der Waals surface area contributed by atoms with E-state index in [1.165, 1.54) is 4.90 Å². The summed E-state index contributed by atoms with van der Waals surface area (Å²) in [6.07, 6.45) is 1.78. The molecule has 0 saturated carbocycles. The van der Waals surface area contributed by atoms with Gasteiger partial charge in [0.05, 0.1) is 4.91 Å². The smallest absolute Gasteiger partial charge is 0.327 e. The zero-order valence-corrected chi connectivity index (χ0v) is 17.4. The van der Waals surface area contributed by atoms with Gasteiger partial charge in [0.15, 0.2) is 0 Å². The second-order valence-electron chi connectivity index (χ2n) is 6.66. The molecule has 1 fully saturated rings. The molecule has 7 heteroatoms. The minimum absolute atomic E-state index is 0.175. The highest BCUT2D eigenvalue weighted by atomic mass is 32.2. The molecule has 3 aromatic rings. The Bertz CT molecular complexity index is 1120. The van der Waals surface area contributed by atoms with Crippen molar-refractivity contribution in [2.24, 2.45) is 0 Å². The number of hydrogen-bond acceptors (Lipinski definition) is 5. The highest BCUT2D eigenvalue weighted by Gasteiger charge is 2.40. The van der Waals surface area contributed by atoms with Gasteiger partial charge in [0.2, 0.25) is 0 Å². The number of thiocarbonyl (C=S) groups is 1. The van der Waals surface area contributed by atoms with Crippen LogP contribution in [0.5, 0.6) is 0 Å². The Hall–Kier alpha value is -3.16. The molecule has 1 atom stereocenters. The predicted molar refractivity (Wildman–Crippen MR) is 121 cm³/mol. The van der Waals surface area contributed by atoms with E-state index in [1.807, 2.05) is 66.7 Å². The van der Waals surface area contributed by atoms with Crippen LogP contribution in [0.1, 0.15) is 11.3 Å². The molecule has 0 spiro atoms. The standard InChI is InChI=1S/C23H17NO4S2/c25-21-20(14-17-11-12-19(28-17)16-9-5-2-6-10-16)30-23(29)24(21)18(22(26)27)13-15-7-3-1-4-8-15/h1-12,14,18H,13H2,(H,26,27)/b20-14-. The second-order valence-corrected chi connectivity index (χ2v) is 8.34. The summed E-state index contributed by atoms with van der Waals surface area (Å²) in [5, 5.41) is 9.74. The molecule has 1 amide bonds. The Labute approximate surface area is 183 Å². The molecule has 1 saturated heterocycles. The van der Waals surface area contributed by atoms with Crippen molar-refractivity contribution in [2.45, 2.75) is 12.5 Å². The zero-order chi connectivity index (χ0) is 21.1. The number of carboxylic acid groups (broad SMARTS) is 1. The van der Waals surface area contributed by atoms with E-state index in [1.54, 1.807) is 12.1 Å². The molecule has 1 aromatic heterocycles. The van der Waals surface area contributed by atoms with Gasteiger partial charge in [-0.3, -0.25) is 9.69 Å². The van der Waals surface area contributed by atoms with Crippen LogP contribution in [0, 0.1) is 0 Å². The molecule has 150 valence electrons. The Morgan fingerprint density at radius 1 is 1.07 bits per heavy atom. The van der Waals surface area contributed by atoms with Gasteiger partial charge in [-0.25, -0.2) is 4.79 Å². The number of nitrogens with zero attached hydrogens (tertiary/aromatic N) is 1. The third-order valence-electron chi connectivity index (χ3n) is 4.65. The van der Waals surface area contributed by atoms with Gasteiger partial charge in [-0.15, -0.1) is 0 Å². The summed E-state index contributed by atoms with van der Waals surface area (Å²) in [5.74, 6) is -0.333. The van der Waals surface area contributed by atoms with E-state index in [4.69, 9.17) is 16.6 Å². The number of benzene rings is 2. The van der Waals surface area contributed by atoms with Crippen molar-refractivity contribution in [3.05, 3.63) is 89.0 Å². The van der Waals surface area contributed by atoms with Crippen molar-refractivity contribution in [1.29, 1.82) is 0 Å². The van der Waals surface area contributed by atoms with Gasteiger partial charge < -0.3 is 9.52 Å². The van der Waals surface area contributed by atoms with E-state index in [0.29, 0.717) is 16.4 Å². The van der Waals surface area contributed by atoms with Crippen LogP contribution in [0.15, 0.2) is 82.1 Å². The van der Waals surface area contributed by atoms with Gasteiger partial charge in [0.1, 0.15) is 21.9 Å². The number of carboxylic acids is 1. The number of amides is 1. The summed E-state index contributed by atoms with van der Waals surface area (Å²) < 4.78 is 6.06. The highest BCUT2D eigenvalue weighted by Crippen LogP contribution is 2.35. The van der Waals surface area contributed by atoms with Crippen LogP contribution in [0.3, 0.4) is 0 Å². The molecule has 4 rings (SSSR count). The lowest BCUT2D eigenvalue weighted by molar-refractivity contribution is -0.145. The monoisotopic (exact) mass is 435 g/mol. The number of rotatable bonds is 6. The highest BCUT2D eigenvalue weighted by molar-refractivity contribution is 8.26. The Balaban J connectivity index is 1.57. The van der Waals surface area contributed by atoms with Crippen molar-refractivity contribution in [3.8, 4) is 11.3 Å². The van der Waals surface area contributed by atoms with Gasteiger partial charge in [0.25, 0.3) is 5.91 Å². The first-order valence-electron chi connectivity index (χ1n) is 9.22. The Kier molecular flexibility index (Phi) is 5.83. The van der Waals surface area contributed by atoms with E-state index in [-0.39, 0.29) is 10.7 Å². The number of furan rings is 1. The Morgan fingerprint density at radius 2 is 1.73 bits per heavy atom. The summed E-state index contributed by atoms with van der Waals surface area (Å²) in [6.45, 7) is 0. The number of carbonyl (C=O) groups excluding carboxylic acids is 1. The first-order chi connectivity index (χ1) is 14.5. The molecule has 0 bridgehead atoms. The normalized spacial score (nSPS) is 16.3. The minimum atomic E-state index is -1.10. The number of thioether (sulfide) groups is 1. The quantitative estimate of drug-likeness (QED) is 0.441. The van der Waals surface area contributed by atoms with Gasteiger partial charge >= 0.3 is 5.97 Å². The predicted octanol–water partition coefficient (Wildman–Crippen LogP) is 4.84. The minimum Gasteiger partial charge on any atom is -0.480 e. The van der Waals surface area contributed by atoms with Crippen molar-refractivity contribution >= 4 is 46.3 Å². The van der Waals surface area contributed by atoms with Crippen molar-refractivity contribution in [2.75, 3.05) is 0 Å². The van der Waals surface area contributed by atoms with Gasteiger partial charge in [-0.05, 0) is 17.7 Å². The maximum atomic E-state index is 13.0. The van der Waals surface area contributed by atoms with Crippen LogP contribution < -0.4 is 0 Å². The third-order valence-corrected chi connectivity index (χ3v) is 5.98. The molecule has 5 nitrogen and oxygen atoms in total. The molecule has 0 aliphatic carbocycles. The summed E-state index contributed by atoms with van der Waals surface area (Å²) >= 11 is 6.42. The first-order valence-corrected chi connectivity index (χ1v) is 10.4. The molecule has 30 heavy (non-hydrogen) atoms. The average molecular weight is 436 g/mol. The van der Waals surface area contributed by atoms with E-state index < -0.39 is 17.9 Å². The fourth-order valence-corrected chi connectivity index (χ4v) is 4.53. The van der Waals surface area contributed by atoms with Crippen LogP contribution >= 0.6 is 24.0 Å². The molecule has 1 unspecified atom stereocenters. The lowest BCUT2D eigenvalue weighted by atomic mass is 10.0. The van der Waals surface area contributed by atoms with E-state index in [2.05, 4.69) is 0 Å². The van der Waals surface area contributed by atoms with Gasteiger partial charge in [0, 0.05) is 18.1 Å². The third kappa shape index (κ3) is 4.22. The molecular formula is C23H17NO4S2. The summed E-state index contributed by atoms with van der Waals surface area (Å²) in [5.41, 5.74) is 1.75. The number of carbonyl (C=O) groups is 2. The fourth-order valence-electron chi connectivity index (χ4n) is 3.19. The lowest BCUT2D eigenvalue weighted by Crippen LogP contribution is -2.45. The summed E-state index contributed by atoms with van der Waals surface area (Å²) in [7, 11) is 0. The summed E-state index contributed by atoms with van der Waals surface area (Å²) in [6, 6.07) is 21.3. The van der Waals surface area contributed by atoms with Gasteiger partial charge in [-0.2, -0.15) is 0 Å². The molecule has 0 radical (unpaired) electrons. The van der Waals surface area contributed by atoms with Gasteiger partial charge in [-0.1, -0.05) is 84.6 Å². The van der Waals surface area contributed by atoms with Crippen LogP contribution in [0.4, 0.5) is 0 Å². The van der Waals surface area contributed by atoms with Crippen LogP contribution in [0.25, 0.3) is 17.4 Å². The molecule has 1 aliphatic heterocycles. The number of hydrogen-bond donors (Lipinski definition) is 1. The van der Waals surface area contributed by atoms with Crippen molar-refractivity contribution in [3.63, 3.8) is 0 Å². The topological polar surface area (TPSA) is 70.8 Å². The zero-order valence-electron chi connectivity index (χ0n) is 15.7. The second kappa shape index (κ2) is 8.69. The number of aliphatic carboxylic acids is 1. The first kappa shape index (κ1) is 20.1. The molecule has 1 aliphatic rings. The molecular weight excluding hydrogens is 418 g/mol. The molecule has 1 N–H and O–H groups in total.